The third kappa shape index (κ3) is 3.09. The number of halogens is 3. The monoisotopic (exact) mass is 323 g/mol. The quantitative estimate of drug-likeness (QED) is 0.815. The molecule has 7 heteroatoms. The number of benzene rings is 1. The van der Waals surface area contributed by atoms with Crippen molar-refractivity contribution < 1.29 is 18.0 Å². The van der Waals surface area contributed by atoms with E-state index in [2.05, 4.69) is 5.10 Å². The van der Waals surface area contributed by atoms with Gasteiger partial charge in [0, 0.05) is 18.3 Å². The van der Waals surface area contributed by atoms with E-state index in [0.29, 0.717) is 13.1 Å². The molecule has 0 N–H and O–H groups in total. The van der Waals surface area contributed by atoms with Crippen molar-refractivity contribution in [2.45, 2.75) is 32.4 Å². The summed E-state index contributed by atoms with van der Waals surface area (Å²) in [5.41, 5.74) is 0.841. The molecule has 1 aromatic heterocycles. The van der Waals surface area contributed by atoms with Crippen LogP contribution in [0.5, 0.6) is 0 Å². The number of carbonyl (C=O) groups is 1. The molecule has 23 heavy (non-hydrogen) atoms. The van der Waals surface area contributed by atoms with Crippen LogP contribution in [0.3, 0.4) is 0 Å². The van der Waals surface area contributed by atoms with Crippen LogP contribution in [0.15, 0.2) is 24.5 Å². The normalized spacial score (nSPS) is 17.7. The molecule has 3 rings (SSSR count). The number of aryl methyl sites for hydroxylation is 1. The molecular formula is C16H16F3N3O. The van der Waals surface area contributed by atoms with Gasteiger partial charge < -0.3 is 4.90 Å². The Morgan fingerprint density at radius 1 is 1.30 bits per heavy atom. The predicted octanol–water partition coefficient (Wildman–Crippen LogP) is 2.91. The molecule has 0 bridgehead atoms. The van der Waals surface area contributed by atoms with E-state index in [4.69, 9.17) is 0 Å². The Hall–Kier alpha value is -2.31. The van der Waals surface area contributed by atoms with Gasteiger partial charge in [-0.3, -0.25) is 9.48 Å². The molecule has 4 nitrogen and oxygen atoms in total. The van der Waals surface area contributed by atoms with Gasteiger partial charge in [-0.1, -0.05) is 0 Å². The minimum Gasteiger partial charge on any atom is -0.334 e. The van der Waals surface area contributed by atoms with E-state index < -0.39 is 23.4 Å². The lowest BCUT2D eigenvalue weighted by molar-refractivity contribution is 0.0720. The van der Waals surface area contributed by atoms with Gasteiger partial charge in [0.1, 0.15) is 0 Å². The van der Waals surface area contributed by atoms with E-state index in [-0.39, 0.29) is 11.6 Å². The molecule has 2 aromatic rings. The summed E-state index contributed by atoms with van der Waals surface area (Å²) < 4.78 is 41.4. The first-order chi connectivity index (χ1) is 11.0. The van der Waals surface area contributed by atoms with E-state index >= 15 is 0 Å². The average Bonchev–Trinajstić information content (AvgIpc) is 3.13. The third-order valence-electron chi connectivity index (χ3n) is 4.03. The molecule has 0 spiro atoms. The van der Waals surface area contributed by atoms with Crippen LogP contribution in [0, 0.1) is 24.4 Å². The first-order valence-electron chi connectivity index (χ1n) is 7.40. The van der Waals surface area contributed by atoms with Crippen LogP contribution in [0.25, 0.3) is 0 Å². The summed E-state index contributed by atoms with van der Waals surface area (Å²) in [4.78, 5) is 14.1. The zero-order chi connectivity index (χ0) is 16.6. The van der Waals surface area contributed by atoms with E-state index in [1.807, 2.05) is 13.1 Å². The topological polar surface area (TPSA) is 38.1 Å². The maximum Gasteiger partial charge on any atom is 0.254 e. The van der Waals surface area contributed by atoms with E-state index in [9.17, 15) is 18.0 Å². The third-order valence-corrected chi connectivity index (χ3v) is 4.03. The number of rotatable bonds is 3. The largest absolute Gasteiger partial charge is 0.334 e. The molecule has 122 valence electrons. The standard InChI is InChI=1S/C16H16F3N3O/c1-10-7-20-21(8-10)9-12-3-2-4-22(12)16(23)11-5-13(17)15(19)14(18)6-11/h5-8,12H,2-4,9H2,1H3/t12-/m1/s1. The lowest BCUT2D eigenvalue weighted by Gasteiger charge is -2.25. The van der Waals surface area contributed by atoms with Crippen molar-refractivity contribution in [3.8, 4) is 0 Å². The Morgan fingerprint density at radius 2 is 2.00 bits per heavy atom. The van der Waals surface area contributed by atoms with E-state index in [1.54, 1.807) is 15.8 Å². The van der Waals surface area contributed by atoms with Crippen molar-refractivity contribution in [2.75, 3.05) is 6.54 Å². The van der Waals surface area contributed by atoms with Crippen LogP contribution < -0.4 is 0 Å². The molecule has 2 heterocycles. The van der Waals surface area contributed by atoms with Crippen LogP contribution in [-0.2, 0) is 6.54 Å². The number of likely N-dealkylation sites (tertiary alicyclic amines) is 1. The van der Waals surface area contributed by atoms with Gasteiger partial charge in [-0.15, -0.1) is 0 Å². The first kappa shape index (κ1) is 15.6. The van der Waals surface area contributed by atoms with Crippen molar-refractivity contribution in [1.29, 1.82) is 0 Å². The van der Waals surface area contributed by atoms with Gasteiger partial charge in [0.15, 0.2) is 17.5 Å². The van der Waals surface area contributed by atoms with Crippen LogP contribution in [0.2, 0.25) is 0 Å². The molecule has 1 atom stereocenters. The summed E-state index contributed by atoms with van der Waals surface area (Å²) in [6, 6.07) is 1.39. The van der Waals surface area contributed by atoms with Crippen LogP contribution in [-0.4, -0.2) is 33.2 Å². The number of nitrogens with zero attached hydrogens (tertiary/aromatic N) is 3. The summed E-state index contributed by atoms with van der Waals surface area (Å²) >= 11 is 0. The SMILES string of the molecule is Cc1cnn(C[C@H]2CCCN2C(=O)c2cc(F)c(F)c(F)c2)c1. The fraction of sp³-hybridized carbons (Fsp3) is 0.375. The molecule has 1 aliphatic rings. The molecular weight excluding hydrogens is 307 g/mol. The first-order valence-corrected chi connectivity index (χ1v) is 7.40. The number of amides is 1. The number of hydrogen-bond acceptors (Lipinski definition) is 2. The van der Waals surface area contributed by atoms with Crippen molar-refractivity contribution in [2.24, 2.45) is 0 Å². The molecule has 1 amide bonds. The lowest BCUT2D eigenvalue weighted by Crippen LogP contribution is -2.38. The minimum absolute atomic E-state index is 0.0991. The van der Waals surface area contributed by atoms with Crippen molar-refractivity contribution >= 4 is 5.91 Å². The van der Waals surface area contributed by atoms with Gasteiger partial charge in [-0.25, -0.2) is 13.2 Å². The minimum atomic E-state index is -1.56. The second kappa shape index (κ2) is 6.06. The van der Waals surface area contributed by atoms with Crippen molar-refractivity contribution in [1.82, 2.24) is 14.7 Å². The summed E-state index contributed by atoms with van der Waals surface area (Å²) in [6.45, 7) is 2.95. The average molecular weight is 323 g/mol. The number of carbonyl (C=O) groups excluding carboxylic acids is 1. The Morgan fingerprint density at radius 3 is 2.61 bits per heavy atom. The fourth-order valence-electron chi connectivity index (χ4n) is 2.92. The highest BCUT2D eigenvalue weighted by molar-refractivity contribution is 5.94. The molecule has 1 saturated heterocycles. The van der Waals surface area contributed by atoms with Gasteiger partial charge in [0.05, 0.1) is 18.8 Å². The van der Waals surface area contributed by atoms with Crippen LogP contribution in [0.1, 0.15) is 28.8 Å². The zero-order valence-electron chi connectivity index (χ0n) is 12.6. The van der Waals surface area contributed by atoms with Gasteiger partial charge >= 0.3 is 0 Å². The van der Waals surface area contributed by atoms with Gasteiger partial charge in [-0.2, -0.15) is 5.10 Å². The summed E-state index contributed by atoms with van der Waals surface area (Å²) in [5.74, 6) is -4.76. The van der Waals surface area contributed by atoms with E-state index in [1.165, 1.54) is 0 Å². The molecule has 1 aliphatic heterocycles. The second-order valence-electron chi connectivity index (χ2n) is 5.79. The lowest BCUT2D eigenvalue weighted by atomic mass is 10.1. The highest BCUT2D eigenvalue weighted by Crippen LogP contribution is 2.23. The highest BCUT2D eigenvalue weighted by atomic mass is 19.2. The zero-order valence-corrected chi connectivity index (χ0v) is 12.6. The maximum absolute atomic E-state index is 13.3. The number of aromatic nitrogens is 2. The highest BCUT2D eigenvalue weighted by Gasteiger charge is 2.30. The Labute approximate surface area is 131 Å². The van der Waals surface area contributed by atoms with Gasteiger partial charge in [0.25, 0.3) is 5.91 Å². The maximum atomic E-state index is 13.3. The summed E-state index contributed by atoms with van der Waals surface area (Å²) in [6.07, 6.45) is 5.20. The Bertz CT molecular complexity index is 721. The molecule has 0 aliphatic carbocycles. The van der Waals surface area contributed by atoms with Crippen LogP contribution in [0.4, 0.5) is 13.2 Å². The summed E-state index contributed by atoms with van der Waals surface area (Å²) in [5, 5.41) is 4.19. The molecule has 0 saturated carbocycles. The molecule has 0 unspecified atom stereocenters. The second-order valence-corrected chi connectivity index (χ2v) is 5.79. The molecule has 0 radical (unpaired) electrons. The van der Waals surface area contributed by atoms with Crippen LogP contribution >= 0.6 is 0 Å². The molecule has 1 aromatic carbocycles. The fourth-order valence-corrected chi connectivity index (χ4v) is 2.92. The van der Waals surface area contributed by atoms with Crippen molar-refractivity contribution in [3.63, 3.8) is 0 Å². The Balaban J connectivity index is 1.80. The van der Waals surface area contributed by atoms with Gasteiger partial charge in [-0.05, 0) is 37.5 Å². The Kier molecular flexibility index (Phi) is 4.11. The summed E-state index contributed by atoms with van der Waals surface area (Å²) in [7, 11) is 0. The van der Waals surface area contributed by atoms with Crippen molar-refractivity contribution in [3.05, 3.63) is 53.1 Å². The molecule has 1 fully saturated rings. The van der Waals surface area contributed by atoms with Gasteiger partial charge in [0.2, 0.25) is 0 Å². The smallest absolute Gasteiger partial charge is 0.254 e. The predicted molar refractivity (Wildman–Crippen MR) is 77.3 cm³/mol. The van der Waals surface area contributed by atoms with E-state index in [0.717, 1.165) is 30.5 Å². The number of hydrogen-bond donors (Lipinski definition) is 0.